The van der Waals surface area contributed by atoms with Gasteiger partial charge in [-0.2, -0.15) is 0 Å². The molecule has 2 rings (SSSR count). The zero-order valence-corrected chi connectivity index (χ0v) is 18.5. The highest BCUT2D eigenvalue weighted by Crippen LogP contribution is 2.22. The van der Waals surface area contributed by atoms with Gasteiger partial charge >= 0.3 is 0 Å². The summed E-state index contributed by atoms with van der Waals surface area (Å²) in [6, 6.07) is 12.3. The number of rotatable bonds is 7. The van der Waals surface area contributed by atoms with Crippen molar-refractivity contribution in [3.63, 3.8) is 0 Å². The first-order chi connectivity index (χ1) is 13.9. The highest BCUT2D eigenvalue weighted by Gasteiger charge is 2.14. The fraction of sp³-hybridized carbons (Fsp3) is 0.250. The molecule has 0 bridgehead atoms. The molecular weight excluding hydrogens is 458 g/mol. The van der Waals surface area contributed by atoms with E-state index in [4.69, 9.17) is 21.7 Å². The van der Waals surface area contributed by atoms with Gasteiger partial charge in [-0.05, 0) is 61.5 Å². The molecule has 0 unspecified atom stereocenters. The number of hydrogen-bond acceptors (Lipinski definition) is 5. The lowest BCUT2D eigenvalue weighted by atomic mass is 10.2. The number of thiocarbonyl (C=S) groups is 1. The Balaban J connectivity index is 1.80. The lowest BCUT2D eigenvalue weighted by Crippen LogP contribution is -2.49. The zero-order valence-electron chi connectivity index (χ0n) is 16.1. The van der Waals surface area contributed by atoms with Crippen molar-refractivity contribution in [1.82, 2.24) is 16.2 Å². The SMILES string of the molecule is CCCOc1ccccc1C(=O)NC(=S)NNC(=O)COc1ccc(Br)cc1C. The van der Waals surface area contributed by atoms with E-state index in [0.717, 1.165) is 16.5 Å². The fourth-order valence-electron chi connectivity index (χ4n) is 2.27. The van der Waals surface area contributed by atoms with Crippen LogP contribution in [0.1, 0.15) is 29.3 Å². The third kappa shape index (κ3) is 7.35. The van der Waals surface area contributed by atoms with Gasteiger partial charge in [-0.15, -0.1) is 0 Å². The number of nitrogens with one attached hydrogen (secondary N) is 3. The van der Waals surface area contributed by atoms with Gasteiger partial charge in [-0.25, -0.2) is 0 Å². The normalized spacial score (nSPS) is 10.0. The minimum absolute atomic E-state index is 0.0477. The van der Waals surface area contributed by atoms with Gasteiger partial charge < -0.3 is 9.47 Å². The van der Waals surface area contributed by atoms with Crippen molar-refractivity contribution in [2.45, 2.75) is 20.3 Å². The van der Waals surface area contributed by atoms with E-state index >= 15 is 0 Å². The van der Waals surface area contributed by atoms with Crippen LogP contribution in [0.4, 0.5) is 0 Å². The van der Waals surface area contributed by atoms with E-state index in [0.29, 0.717) is 23.7 Å². The average Bonchev–Trinajstić information content (AvgIpc) is 2.70. The summed E-state index contributed by atoms with van der Waals surface area (Å²) in [7, 11) is 0. The van der Waals surface area contributed by atoms with Crippen molar-refractivity contribution in [3.8, 4) is 11.5 Å². The second-order valence-corrected chi connectivity index (χ2v) is 7.32. The van der Waals surface area contributed by atoms with Crippen LogP contribution in [0.5, 0.6) is 11.5 Å². The van der Waals surface area contributed by atoms with E-state index in [1.54, 1.807) is 30.3 Å². The van der Waals surface area contributed by atoms with Crippen LogP contribution in [0, 0.1) is 6.92 Å². The molecule has 0 saturated carbocycles. The van der Waals surface area contributed by atoms with Gasteiger partial charge in [0.1, 0.15) is 11.5 Å². The van der Waals surface area contributed by atoms with Crippen LogP contribution >= 0.6 is 28.1 Å². The molecule has 0 aliphatic rings. The summed E-state index contributed by atoms with van der Waals surface area (Å²) in [4.78, 5) is 24.3. The third-order valence-corrected chi connectivity index (χ3v) is 4.33. The largest absolute Gasteiger partial charge is 0.493 e. The Hall–Kier alpha value is -2.65. The van der Waals surface area contributed by atoms with Crippen LogP contribution in [0.2, 0.25) is 0 Å². The minimum Gasteiger partial charge on any atom is -0.493 e. The van der Waals surface area contributed by atoms with Crippen molar-refractivity contribution in [3.05, 3.63) is 58.1 Å². The molecule has 9 heteroatoms. The van der Waals surface area contributed by atoms with Crippen molar-refractivity contribution < 1.29 is 19.1 Å². The number of carbonyl (C=O) groups is 2. The van der Waals surface area contributed by atoms with Gasteiger partial charge in [-0.1, -0.05) is 35.0 Å². The van der Waals surface area contributed by atoms with Crippen LogP contribution in [-0.4, -0.2) is 30.1 Å². The first-order valence-electron chi connectivity index (χ1n) is 8.91. The molecule has 0 fully saturated rings. The molecule has 3 N–H and O–H groups in total. The summed E-state index contributed by atoms with van der Waals surface area (Å²) < 4.78 is 12.0. The van der Waals surface area contributed by atoms with E-state index in [-0.39, 0.29) is 11.7 Å². The summed E-state index contributed by atoms with van der Waals surface area (Å²) >= 11 is 8.42. The molecule has 0 aliphatic carbocycles. The van der Waals surface area contributed by atoms with Gasteiger partial charge in [0.05, 0.1) is 12.2 Å². The number of hydrazine groups is 1. The number of halogens is 1. The smallest absolute Gasteiger partial charge is 0.276 e. The van der Waals surface area contributed by atoms with E-state index in [1.807, 2.05) is 26.0 Å². The Morgan fingerprint density at radius 2 is 1.83 bits per heavy atom. The van der Waals surface area contributed by atoms with E-state index in [2.05, 4.69) is 32.1 Å². The van der Waals surface area contributed by atoms with Crippen LogP contribution in [-0.2, 0) is 4.79 Å². The average molecular weight is 480 g/mol. The minimum atomic E-state index is -0.449. The number of benzene rings is 2. The van der Waals surface area contributed by atoms with Crippen molar-refractivity contribution in [2.24, 2.45) is 0 Å². The number of amides is 2. The molecule has 29 heavy (non-hydrogen) atoms. The fourth-order valence-corrected chi connectivity index (χ4v) is 2.89. The quantitative estimate of drug-likeness (QED) is 0.417. The van der Waals surface area contributed by atoms with E-state index < -0.39 is 11.8 Å². The molecule has 2 aromatic rings. The molecule has 0 atom stereocenters. The zero-order chi connectivity index (χ0) is 21.2. The number of hydrogen-bond donors (Lipinski definition) is 3. The van der Waals surface area contributed by atoms with Crippen LogP contribution < -0.4 is 25.6 Å². The monoisotopic (exact) mass is 479 g/mol. The topological polar surface area (TPSA) is 88.7 Å². The molecule has 0 saturated heterocycles. The molecule has 0 spiro atoms. The van der Waals surface area contributed by atoms with E-state index in [1.165, 1.54) is 0 Å². The maximum atomic E-state index is 12.4. The number of aryl methyl sites for hydroxylation is 1. The summed E-state index contributed by atoms with van der Waals surface area (Å²) in [5.41, 5.74) is 6.10. The van der Waals surface area contributed by atoms with Crippen molar-refractivity contribution >= 4 is 45.1 Å². The highest BCUT2D eigenvalue weighted by atomic mass is 79.9. The Kier molecular flexibility index (Phi) is 8.88. The Morgan fingerprint density at radius 1 is 1.07 bits per heavy atom. The molecule has 0 heterocycles. The predicted molar refractivity (Wildman–Crippen MR) is 118 cm³/mol. The lowest BCUT2D eigenvalue weighted by Gasteiger charge is -2.14. The first kappa shape index (κ1) is 22.6. The first-order valence-corrected chi connectivity index (χ1v) is 10.1. The standard InChI is InChI=1S/C20H22BrN3O4S/c1-3-10-27-17-7-5-4-6-15(17)19(26)22-20(29)24-23-18(25)12-28-16-9-8-14(21)11-13(16)2/h4-9,11H,3,10,12H2,1-2H3,(H,23,25)(H2,22,24,26,29). The van der Waals surface area contributed by atoms with Gasteiger partial charge in [-0.3, -0.25) is 25.8 Å². The molecule has 0 radical (unpaired) electrons. The number of para-hydroxylation sites is 1. The highest BCUT2D eigenvalue weighted by molar-refractivity contribution is 9.10. The Labute approximate surface area is 183 Å². The van der Waals surface area contributed by atoms with Crippen molar-refractivity contribution in [1.29, 1.82) is 0 Å². The molecule has 2 aromatic carbocycles. The molecule has 0 aliphatic heterocycles. The van der Waals surface area contributed by atoms with Gasteiger partial charge in [0.15, 0.2) is 11.7 Å². The maximum absolute atomic E-state index is 12.4. The van der Waals surface area contributed by atoms with Crippen LogP contribution in [0.15, 0.2) is 46.9 Å². The summed E-state index contributed by atoms with van der Waals surface area (Å²) in [6.07, 6.45) is 0.823. The molecular formula is C20H22BrN3O4S. The summed E-state index contributed by atoms with van der Waals surface area (Å²) in [6.45, 7) is 4.15. The maximum Gasteiger partial charge on any atom is 0.276 e. The molecule has 7 nitrogen and oxygen atoms in total. The molecule has 154 valence electrons. The number of ether oxygens (including phenoxy) is 2. The second kappa shape index (κ2) is 11.4. The Morgan fingerprint density at radius 3 is 2.55 bits per heavy atom. The summed E-state index contributed by atoms with van der Waals surface area (Å²) in [5, 5.41) is 2.45. The third-order valence-electron chi connectivity index (χ3n) is 3.63. The van der Waals surface area contributed by atoms with Gasteiger partial charge in [0.2, 0.25) is 0 Å². The van der Waals surface area contributed by atoms with Gasteiger partial charge in [0.25, 0.3) is 11.8 Å². The second-order valence-electron chi connectivity index (χ2n) is 6.00. The predicted octanol–water partition coefficient (Wildman–Crippen LogP) is 3.26. The number of carbonyl (C=O) groups excluding carboxylic acids is 2. The van der Waals surface area contributed by atoms with Gasteiger partial charge in [0, 0.05) is 4.47 Å². The van der Waals surface area contributed by atoms with Crippen LogP contribution in [0.3, 0.4) is 0 Å². The molecule has 2 amide bonds. The lowest BCUT2D eigenvalue weighted by molar-refractivity contribution is -0.123. The van der Waals surface area contributed by atoms with Crippen molar-refractivity contribution in [2.75, 3.05) is 13.2 Å². The summed E-state index contributed by atoms with van der Waals surface area (Å²) in [5.74, 6) is 0.181. The van der Waals surface area contributed by atoms with E-state index in [9.17, 15) is 9.59 Å². The van der Waals surface area contributed by atoms with Crippen LogP contribution in [0.25, 0.3) is 0 Å². The Bertz CT molecular complexity index is 892. The molecule has 0 aromatic heterocycles.